The highest BCUT2D eigenvalue weighted by molar-refractivity contribution is 6.09. The minimum absolute atomic E-state index is 0.631. The average Bonchev–Trinajstić information content (AvgIpc) is 3.30. The van der Waals surface area contributed by atoms with Crippen molar-refractivity contribution in [3.05, 3.63) is 78.5 Å². The van der Waals surface area contributed by atoms with Gasteiger partial charge in [0.05, 0.1) is 12.7 Å². The molecule has 128 valence electrons. The molecular weight excluding hydrogens is 324 g/mol. The molecule has 0 bridgehead atoms. The summed E-state index contributed by atoms with van der Waals surface area (Å²) in [4.78, 5) is 7.63. The van der Waals surface area contributed by atoms with Gasteiger partial charge in [0.25, 0.3) is 0 Å². The average molecular weight is 342 g/mol. The van der Waals surface area contributed by atoms with Gasteiger partial charge in [0.15, 0.2) is 0 Å². The predicted octanol–water partition coefficient (Wildman–Crippen LogP) is 3.42. The molecule has 4 aromatic rings. The van der Waals surface area contributed by atoms with Crippen LogP contribution in [0.2, 0.25) is 0 Å². The van der Waals surface area contributed by atoms with Crippen LogP contribution in [-0.2, 0) is 6.54 Å². The van der Waals surface area contributed by atoms with Gasteiger partial charge in [-0.2, -0.15) is 5.10 Å². The van der Waals surface area contributed by atoms with Crippen molar-refractivity contribution >= 4 is 22.8 Å². The van der Waals surface area contributed by atoms with Gasteiger partial charge in [-0.25, -0.2) is 4.98 Å². The lowest BCUT2D eigenvalue weighted by atomic mass is 10.1. The van der Waals surface area contributed by atoms with E-state index in [9.17, 15) is 0 Å². The fourth-order valence-electron chi connectivity index (χ4n) is 2.99. The van der Waals surface area contributed by atoms with E-state index in [1.54, 1.807) is 6.20 Å². The zero-order chi connectivity index (χ0) is 17.9. The summed E-state index contributed by atoms with van der Waals surface area (Å²) in [5.74, 6) is 0. The van der Waals surface area contributed by atoms with Gasteiger partial charge in [-0.3, -0.25) is 4.68 Å². The maximum absolute atomic E-state index is 7.47. The molecule has 0 saturated carbocycles. The quantitative estimate of drug-likeness (QED) is 0.485. The van der Waals surface area contributed by atoms with E-state index in [1.165, 1.54) is 18.0 Å². The SMILES string of the molecule is N=C/C(=C\N)c1cnc2[nH]cc(-c3cnn(Cc4ccccc4)c3)c2c1. The van der Waals surface area contributed by atoms with Gasteiger partial charge in [0, 0.05) is 58.7 Å². The van der Waals surface area contributed by atoms with E-state index in [1.807, 2.05) is 47.5 Å². The first-order chi connectivity index (χ1) is 12.8. The second kappa shape index (κ2) is 6.68. The highest BCUT2D eigenvalue weighted by Gasteiger charge is 2.11. The van der Waals surface area contributed by atoms with Crippen LogP contribution >= 0.6 is 0 Å². The van der Waals surface area contributed by atoms with Crippen LogP contribution < -0.4 is 5.73 Å². The summed E-state index contributed by atoms with van der Waals surface area (Å²) in [7, 11) is 0. The van der Waals surface area contributed by atoms with Crippen molar-refractivity contribution in [3.8, 4) is 11.1 Å². The van der Waals surface area contributed by atoms with Crippen LogP contribution in [0.4, 0.5) is 0 Å². The Morgan fingerprint density at radius 2 is 2.08 bits per heavy atom. The number of nitrogens with two attached hydrogens (primary N) is 1. The van der Waals surface area contributed by atoms with Crippen molar-refractivity contribution in [1.82, 2.24) is 19.7 Å². The summed E-state index contributed by atoms with van der Waals surface area (Å²) in [5, 5.41) is 12.9. The molecule has 0 atom stereocenters. The first-order valence-electron chi connectivity index (χ1n) is 8.25. The third kappa shape index (κ3) is 2.88. The molecule has 6 heteroatoms. The minimum atomic E-state index is 0.631. The van der Waals surface area contributed by atoms with Crippen LogP contribution in [0, 0.1) is 5.41 Å². The van der Waals surface area contributed by atoms with Crippen molar-refractivity contribution in [1.29, 1.82) is 5.41 Å². The standard InChI is InChI=1S/C20H18N6/c21-7-16(8-22)15-6-18-19(11-24-20(18)23-9-15)17-10-25-26(13-17)12-14-4-2-1-3-5-14/h1-11,13,21H,12,22H2,(H,23,24)/b16-8+,21-7?. The van der Waals surface area contributed by atoms with E-state index in [-0.39, 0.29) is 0 Å². The third-order valence-electron chi connectivity index (χ3n) is 4.33. The minimum Gasteiger partial charge on any atom is -0.404 e. The maximum Gasteiger partial charge on any atom is 0.137 e. The van der Waals surface area contributed by atoms with E-state index in [0.717, 1.165) is 34.3 Å². The monoisotopic (exact) mass is 342 g/mol. The second-order valence-electron chi connectivity index (χ2n) is 6.00. The van der Waals surface area contributed by atoms with Gasteiger partial charge in [-0.15, -0.1) is 0 Å². The molecule has 0 spiro atoms. The summed E-state index contributed by atoms with van der Waals surface area (Å²) in [6.07, 6.45) is 10.2. The van der Waals surface area contributed by atoms with E-state index in [2.05, 4.69) is 27.2 Å². The number of pyridine rings is 1. The number of nitrogens with one attached hydrogen (secondary N) is 2. The fourth-order valence-corrected chi connectivity index (χ4v) is 2.99. The van der Waals surface area contributed by atoms with Crippen LogP contribution in [-0.4, -0.2) is 26.0 Å². The van der Waals surface area contributed by atoms with E-state index in [4.69, 9.17) is 11.1 Å². The predicted molar refractivity (Wildman–Crippen MR) is 104 cm³/mol. The molecule has 4 N–H and O–H groups in total. The smallest absolute Gasteiger partial charge is 0.137 e. The lowest BCUT2D eigenvalue weighted by molar-refractivity contribution is 0.687. The number of hydrogen-bond acceptors (Lipinski definition) is 4. The molecule has 0 amide bonds. The van der Waals surface area contributed by atoms with Gasteiger partial charge in [-0.05, 0) is 11.6 Å². The Balaban J connectivity index is 1.71. The van der Waals surface area contributed by atoms with Crippen molar-refractivity contribution in [2.24, 2.45) is 5.73 Å². The van der Waals surface area contributed by atoms with Crippen molar-refractivity contribution in [3.63, 3.8) is 0 Å². The number of aromatic nitrogens is 4. The lowest BCUT2D eigenvalue weighted by Crippen LogP contribution is -1.99. The molecule has 6 nitrogen and oxygen atoms in total. The number of nitrogens with zero attached hydrogens (tertiary/aromatic N) is 3. The first-order valence-corrected chi connectivity index (χ1v) is 8.25. The maximum atomic E-state index is 7.47. The van der Waals surface area contributed by atoms with Gasteiger partial charge < -0.3 is 16.1 Å². The van der Waals surface area contributed by atoms with Gasteiger partial charge in [0.1, 0.15) is 5.65 Å². The van der Waals surface area contributed by atoms with Crippen LogP contribution in [0.25, 0.3) is 27.7 Å². The second-order valence-corrected chi connectivity index (χ2v) is 6.00. The Kier molecular flexibility index (Phi) is 4.07. The molecule has 0 fully saturated rings. The number of rotatable bonds is 5. The fraction of sp³-hybridized carbons (Fsp3) is 0.0500. The number of H-pyrrole nitrogens is 1. The Hall–Kier alpha value is -3.67. The Morgan fingerprint density at radius 3 is 2.85 bits per heavy atom. The number of allylic oxidation sites excluding steroid dienone is 1. The van der Waals surface area contributed by atoms with Crippen LogP contribution in [0.1, 0.15) is 11.1 Å². The van der Waals surface area contributed by atoms with E-state index in [0.29, 0.717) is 5.57 Å². The molecule has 26 heavy (non-hydrogen) atoms. The largest absolute Gasteiger partial charge is 0.404 e. The molecule has 3 aromatic heterocycles. The highest BCUT2D eigenvalue weighted by Crippen LogP contribution is 2.29. The topological polar surface area (TPSA) is 96.4 Å². The Morgan fingerprint density at radius 1 is 1.23 bits per heavy atom. The molecule has 0 radical (unpaired) electrons. The lowest BCUT2D eigenvalue weighted by Gasteiger charge is -2.02. The van der Waals surface area contributed by atoms with Gasteiger partial charge in [0.2, 0.25) is 0 Å². The van der Waals surface area contributed by atoms with Gasteiger partial charge in [-0.1, -0.05) is 30.3 Å². The summed E-state index contributed by atoms with van der Waals surface area (Å²) in [6.45, 7) is 0.723. The first kappa shape index (κ1) is 15.8. The van der Waals surface area contributed by atoms with Crippen molar-refractivity contribution < 1.29 is 0 Å². The molecule has 0 aliphatic carbocycles. The molecule has 0 aliphatic rings. The van der Waals surface area contributed by atoms with Crippen molar-refractivity contribution in [2.45, 2.75) is 6.54 Å². The molecule has 0 unspecified atom stereocenters. The van der Waals surface area contributed by atoms with Crippen molar-refractivity contribution in [2.75, 3.05) is 0 Å². The molecule has 4 rings (SSSR count). The highest BCUT2D eigenvalue weighted by atomic mass is 15.3. The molecule has 1 aromatic carbocycles. The summed E-state index contributed by atoms with van der Waals surface area (Å²) in [6, 6.07) is 12.2. The third-order valence-corrected chi connectivity index (χ3v) is 4.33. The van der Waals surface area contributed by atoms with Crippen LogP contribution in [0.15, 0.2) is 67.4 Å². The van der Waals surface area contributed by atoms with Crippen LogP contribution in [0.3, 0.4) is 0 Å². The zero-order valence-electron chi connectivity index (χ0n) is 14.1. The normalized spacial score (nSPS) is 11.8. The number of fused-ring (bicyclic) bond motifs is 1. The number of hydrogen-bond donors (Lipinski definition) is 3. The molecule has 0 saturated heterocycles. The number of aromatic amines is 1. The molecular formula is C20H18N6. The zero-order valence-corrected chi connectivity index (χ0v) is 14.1. The summed E-state index contributed by atoms with van der Waals surface area (Å²) >= 11 is 0. The van der Waals surface area contributed by atoms with E-state index < -0.39 is 0 Å². The summed E-state index contributed by atoms with van der Waals surface area (Å²) < 4.78 is 1.92. The molecule has 3 heterocycles. The molecule has 0 aliphatic heterocycles. The Labute approximate surface area is 150 Å². The van der Waals surface area contributed by atoms with Crippen LogP contribution in [0.5, 0.6) is 0 Å². The van der Waals surface area contributed by atoms with Gasteiger partial charge >= 0.3 is 0 Å². The number of benzene rings is 1. The Bertz CT molecular complexity index is 1090. The summed E-state index contributed by atoms with van der Waals surface area (Å²) in [5.41, 5.74) is 11.1. The van der Waals surface area contributed by atoms with E-state index >= 15 is 0 Å².